The summed E-state index contributed by atoms with van der Waals surface area (Å²) in [6.07, 6.45) is 8.38. The summed E-state index contributed by atoms with van der Waals surface area (Å²) in [6, 6.07) is 16.8. The van der Waals surface area contributed by atoms with Gasteiger partial charge in [0.25, 0.3) is 0 Å². The topological polar surface area (TPSA) is 0 Å². The number of unbranched alkanes of at least 4 members (excludes halogenated alkanes) is 3. The molecule has 0 fully saturated rings. The molecule has 0 aliphatic rings. The Morgan fingerprint density at radius 3 is 2.27 bits per heavy atom. The lowest BCUT2D eigenvalue weighted by molar-refractivity contribution is 0.667. The largest absolute Gasteiger partial charge is 0.0837 e. The van der Waals surface area contributed by atoms with Gasteiger partial charge < -0.3 is 0 Å². The van der Waals surface area contributed by atoms with Crippen LogP contribution in [-0.2, 0) is 6.42 Å². The van der Waals surface area contributed by atoms with E-state index in [0.717, 1.165) is 27.1 Å². The van der Waals surface area contributed by atoms with E-state index in [2.05, 4.69) is 59.3 Å². The van der Waals surface area contributed by atoms with Gasteiger partial charge in [-0.2, -0.15) is 0 Å². The Hall–Kier alpha value is -1.05. The molecule has 0 atom stereocenters. The van der Waals surface area contributed by atoms with Gasteiger partial charge in [-0.15, -0.1) is 0 Å². The lowest BCUT2D eigenvalue weighted by Crippen LogP contribution is -1.87. The molecule has 2 aromatic rings. The van der Waals surface area contributed by atoms with Crippen LogP contribution in [0.15, 0.2) is 53.0 Å². The summed E-state index contributed by atoms with van der Waals surface area (Å²) in [7, 11) is 0. The van der Waals surface area contributed by atoms with Crippen LogP contribution in [0.25, 0.3) is 11.1 Å². The molecule has 116 valence electrons. The van der Waals surface area contributed by atoms with E-state index < -0.39 is 0 Å². The number of halogens is 2. The molecular weight excluding hydrogens is 356 g/mol. The summed E-state index contributed by atoms with van der Waals surface area (Å²) in [5.74, 6) is 0. The number of hydrogen-bond donors (Lipinski definition) is 0. The van der Waals surface area contributed by atoms with Gasteiger partial charge in [0.1, 0.15) is 0 Å². The molecule has 0 unspecified atom stereocenters. The van der Waals surface area contributed by atoms with Gasteiger partial charge in [0.15, 0.2) is 0 Å². The quantitative estimate of drug-likeness (QED) is 0.350. The summed E-state index contributed by atoms with van der Waals surface area (Å²) in [4.78, 5) is 0. The predicted molar refractivity (Wildman–Crippen MR) is 102 cm³/mol. The third kappa shape index (κ3) is 5.62. The van der Waals surface area contributed by atoms with Crippen molar-refractivity contribution in [3.05, 3.63) is 69.7 Å². The lowest BCUT2D eigenvalue weighted by atomic mass is 10.0. The number of hydrogen-bond acceptors (Lipinski definition) is 0. The Kier molecular flexibility index (Phi) is 7.21. The minimum absolute atomic E-state index is 0.778. The van der Waals surface area contributed by atoms with Crippen molar-refractivity contribution in [1.82, 2.24) is 0 Å². The van der Waals surface area contributed by atoms with E-state index in [1.807, 2.05) is 18.2 Å². The van der Waals surface area contributed by atoms with Gasteiger partial charge in [-0.25, -0.2) is 0 Å². The minimum atomic E-state index is 0.778. The predicted octanol–water partition coefficient (Wildman–Crippen LogP) is 7.31. The Morgan fingerprint density at radius 2 is 1.64 bits per heavy atom. The first-order valence-electron chi connectivity index (χ1n) is 7.91. The average Bonchev–Trinajstić information content (AvgIpc) is 2.54. The Labute approximate surface area is 147 Å². The van der Waals surface area contributed by atoms with Gasteiger partial charge in [-0.3, -0.25) is 0 Å². The molecule has 0 N–H and O–H groups in total. The van der Waals surface area contributed by atoms with Gasteiger partial charge in [-0.05, 0) is 47.7 Å². The van der Waals surface area contributed by atoms with Crippen molar-refractivity contribution in [3.8, 4) is 0 Å². The van der Waals surface area contributed by atoms with Crippen molar-refractivity contribution in [2.24, 2.45) is 0 Å². The second-order valence-corrected chi connectivity index (χ2v) is 6.87. The smallest absolute Gasteiger partial charge is 0.0484 e. The average molecular weight is 378 g/mol. The normalized spacial score (nSPS) is 11.7. The van der Waals surface area contributed by atoms with Crippen LogP contribution in [0, 0.1) is 0 Å². The van der Waals surface area contributed by atoms with Crippen molar-refractivity contribution in [2.45, 2.75) is 39.0 Å². The zero-order chi connectivity index (χ0) is 15.8. The highest BCUT2D eigenvalue weighted by atomic mass is 79.9. The molecule has 0 aliphatic carbocycles. The maximum absolute atomic E-state index is 6.43. The molecule has 0 heterocycles. The monoisotopic (exact) mass is 376 g/mol. The fourth-order valence-corrected chi connectivity index (χ4v) is 2.89. The van der Waals surface area contributed by atoms with Crippen LogP contribution in [0.4, 0.5) is 0 Å². The molecule has 2 heteroatoms. The Morgan fingerprint density at radius 1 is 0.955 bits per heavy atom. The molecule has 2 aromatic carbocycles. The van der Waals surface area contributed by atoms with Gasteiger partial charge in [0, 0.05) is 9.51 Å². The molecular formula is C20H22BrCl. The SMILES string of the molecule is CCCCCCc1ccc(C(Cl)=Cc2ccc(Br)cc2)cc1. The molecule has 0 saturated carbocycles. The summed E-state index contributed by atoms with van der Waals surface area (Å²) in [5.41, 5.74) is 3.58. The zero-order valence-corrected chi connectivity index (χ0v) is 15.3. The van der Waals surface area contributed by atoms with Crippen LogP contribution in [0.3, 0.4) is 0 Å². The number of benzene rings is 2. The molecule has 0 aliphatic heterocycles. The first kappa shape index (κ1) is 17.3. The third-order valence-electron chi connectivity index (χ3n) is 3.71. The molecule has 0 radical (unpaired) electrons. The van der Waals surface area contributed by atoms with E-state index in [4.69, 9.17) is 11.6 Å². The number of aryl methyl sites for hydroxylation is 1. The summed E-state index contributed by atoms with van der Waals surface area (Å²) in [6.45, 7) is 2.24. The second kappa shape index (κ2) is 9.17. The van der Waals surface area contributed by atoms with E-state index in [1.54, 1.807) is 0 Å². The molecule has 0 spiro atoms. The Bertz CT molecular complexity index is 597. The van der Waals surface area contributed by atoms with Crippen LogP contribution < -0.4 is 0 Å². The van der Waals surface area contributed by atoms with E-state index in [0.29, 0.717) is 0 Å². The van der Waals surface area contributed by atoms with Gasteiger partial charge in [0.05, 0.1) is 0 Å². The zero-order valence-electron chi connectivity index (χ0n) is 13.0. The summed E-state index contributed by atoms with van der Waals surface area (Å²) >= 11 is 9.87. The third-order valence-corrected chi connectivity index (χ3v) is 4.57. The van der Waals surface area contributed by atoms with Gasteiger partial charge in [-0.1, -0.05) is 90.1 Å². The highest BCUT2D eigenvalue weighted by molar-refractivity contribution is 9.10. The first-order chi connectivity index (χ1) is 10.7. The first-order valence-corrected chi connectivity index (χ1v) is 9.08. The maximum atomic E-state index is 6.43. The van der Waals surface area contributed by atoms with E-state index >= 15 is 0 Å². The minimum Gasteiger partial charge on any atom is -0.0837 e. The summed E-state index contributed by atoms with van der Waals surface area (Å²) < 4.78 is 1.08. The van der Waals surface area contributed by atoms with Crippen molar-refractivity contribution < 1.29 is 0 Å². The summed E-state index contributed by atoms with van der Waals surface area (Å²) in [5, 5.41) is 0.778. The van der Waals surface area contributed by atoms with Crippen LogP contribution >= 0.6 is 27.5 Å². The van der Waals surface area contributed by atoms with E-state index in [-0.39, 0.29) is 0 Å². The fraction of sp³-hybridized carbons (Fsp3) is 0.300. The van der Waals surface area contributed by atoms with E-state index in [9.17, 15) is 0 Å². The van der Waals surface area contributed by atoms with Crippen LogP contribution in [0.5, 0.6) is 0 Å². The van der Waals surface area contributed by atoms with E-state index in [1.165, 1.54) is 31.2 Å². The molecule has 0 amide bonds. The molecule has 0 bridgehead atoms. The fourth-order valence-electron chi connectivity index (χ4n) is 2.38. The van der Waals surface area contributed by atoms with Crippen molar-refractivity contribution in [2.75, 3.05) is 0 Å². The standard InChI is InChI=1S/C20H22BrCl/c1-2-3-4-5-6-16-7-11-18(12-8-16)20(22)15-17-9-13-19(21)14-10-17/h7-15H,2-6H2,1H3. The van der Waals surface area contributed by atoms with Crippen LogP contribution in [0.1, 0.15) is 49.3 Å². The second-order valence-electron chi connectivity index (χ2n) is 5.55. The van der Waals surface area contributed by atoms with Crippen LogP contribution in [0.2, 0.25) is 0 Å². The van der Waals surface area contributed by atoms with Gasteiger partial charge >= 0.3 is 0 Å². The van der Waals surface area contributed by atoms with Crippen molar-refractivity contribution in [1.29, 1.82) is 0 Å². The van der Waals surface area contributed by atoms with Crippen LogP contribution in [-0.4, -0.2) is 0 Å². The Balaban J connectivity index is 1.98. The molecule has 0 nitrogen and oxygen atoms in total. The number of rotatable bonds is 7. The highest BCUT2D eigenvalue weighted by Crippen LogP contribution is 2.23. The lowest BCUT2D eigenvalue weighted by Gasteiger charge is -2.04. The van der Waals surface area contributed by atoms with Crippen molar-refractivity contribution >= 4 is 38.6 Å². The molecule has 0 aromatic heterocycles. The maximum Gasteiger partial charge on any atom is 0.0484 e. The molecule has 22 heavy (non-hydrogen) atoms. The van der Waals surface area contributed by atoms with Gasteiger partial charge in [0.2, 0.25) is 0 Å². The molecule has 0 saturated heterocycles. The highest BCUT2D eigenvalue weighted by Gasteiger charge is 2.00. The molecule has 2 rings (SSSR count). The van der Waals surface area contributed by atoms with Crippen molar-refractivity contribution in [3.63, 3.8) is 0 Å².